The summed E-state index contributed by atoms with van der Waals surface area (Å²) in [5.41, 5.74) is 5.89. The van der Waals surface area contributed by atoms with E-state index in [0.717, 1.165) is 5.69 Å². The molecule has 0 radical (unpaired) electrons. The number of benzene rings is 1. The summed E-state index contributed by atoms with van der Waals surface area (Å²) < 4.78 is 4.67. The van der Waals surface area contributed by atoms with Crippen LogP contribution in [0, 0.1) is 0 Å². The normalized spacial score (nSPS) is 9.38. The van der Waals surface area contributed by atoms with Crippen molar-refractivity contribution < 1.29 is 9.53 Å². The Kier molecular flexibility index (Phi) is 2.74. The predicted molar refractivity (Wildman–Crippen MR) is 51.0 cm³/mol. The van der Waals surface area contributed by atoms with Crippen LogP contribution in [0.15, 0.2) is 24.3 Å². The van der Waals surface area contributed by atoms with Crippen LogP contribution in [0.5, 0.6) is 5.75 Å². The highest BCUT2D eigenvalue weighted by Crippen LogP contribution is 2.17. The lowest BCUT2D eigenvalue weighted by Crippen LogP contribution is -2.16. The summed E-state index contributed by atoms with van der Waals surface area (Å²) in [6, 6.07) is 7.08. The van der Waals surface area contributed by atoms with Crippen molar-refractivity contribution in [3.05, 3.63) is 24.3 Å². The Bertz CT molecular complexity index is 293. The van der Waals surface area contributed by atoms with E-state index in [0.29, 0.717) is 5.75 Å². The van der Waals surface area contributed by atoms with Crippen LogP contribution in [0.25, 0.3) is 0 Å². The second-order valence-corrected chi connectivity index (χ2v) is 2.81. The maximum Gasteiger partial charge on any atom is 0.409 e. The molecule has 13 heavy (non-hydrogen) atoms. The van der Waals surface area contributed by atoms with E-state index in [2.05, 4.69) is 4.74 Å². The van der Waals surface area contributed by atoms with Gasteiger partial charge >= 0.3 is 6.09 Å². The lowest BCUT2D eigenvalue weighted by molar-refractivity contribution is 0.211. The number of ether oxygens (including phenoxy) is 1. The zero-order valence-corrected chi connectivity index (χ0v) is 7.65. The molecule has 0 aliphatic carbocycles. The SMILES string of the molecule is CN(C)c1ccc(OC(N)=O)cc1. The highest BCUT2D eigenvalue weighted by atomic mass is 16.5. The third-order valence-corrected chi connectivity index (χ3v) is 1.57. The van der Waals surface area contributed by atoms with Gasteiger partial charge in [0, 0.05) is 19.8 Å². The summed E-state index contributed by atoms with van der Waals surface area (Å²) in [6.07, 6.45) is -0.794. The van der Waals surface area contributed by atoms with E-state index in [-0.39, 0.29) is 0 Å². The molecule has 0 spiro atoms. The molecule has 0 bridgehead atoms. The lowest BCUT2D eigenvalue weighted by atomic mass is 10.3. The predicted octanol–water partition coefficient (Wildman–Crippen LogP) is 1.21. The summed E-state index contributed by atoms with van der Waals surface area (Å²) in [6.45, 7) is 0. The van der Waals surface area contributed by atoms with Crippen LogP contribution in [0.2, 0.25) is 0 Å². The van der Waals surface area contributed by atoms with E-state index in [1.54, 1.807) is 12.1 Å². The van der Waals surface area contributed by atoms with Crippen molar-refractivity contribution in [2.24, 2.45) is 5.73 Å². The second-order valence-electron chi connectivity index (χ2n) is 2.81. The Morgan fingerprint density at radius 3 is 2.23 bits per heavy atom. The Balaban J connectivity index is 2.75. The van der Waals surface area contributed by atoms with Gasteiger partial charge in [-0.25, -0.2) is 4.79 Å². The van der Waals surface area contributed by atoms with Gasteiger partial charge in [-0.3, -0.25) is 0 Å². The molecule has 0 aromatic heterocycles. The van der Waals surface area contributed by atoms with Gasteiger partial charge in [-0.2, -0.15) is 0 Å². The number of anilines is 1. The summed E-state index contributed by atoms with van der Waals surface area (Å²) in [5.74, 6) is 0.457. The van der Waals surface area contributed by atoms with Crippen molar-refractivity contribution in [1.29, 1.82) is 0 Å². The zero-order valence-electron chi connectivity index (χ0n) is 7.65. The number of hydrogen-bond donors (Lipinski definition) is 1. The molecule has 1 aromatic carbocycles. The molecule has 0 aliphatic heterocycles. The largest absolute Gasteiger partial charge is 0.411 e. The van der Waals surface area contributed by atoms with Gasteiger partial charge in [0.25, 0.3) is 0 Å². The Morgan fingerprint density at radius 2 is 1.85 bits per heavy atom. The minimum absolute atomic E-state index is 0.457. The lowest BCUT2D eigenvalue weighted by Gasteiger charge is -2.12. The highest BCUT2D eigenvalue weighted by molar-refractivity contribution is 5.68. The monoisotopic (exact) mass is 180 g/mol. The molecule has 1 aromatic rings. The Labute approximate surface area is 76.9 Å². The molecule has 4 heteroatoms. The maximum atomic E-state index is 10.4. The molecule has 2 N–H and O–H groups in total. The van der Waals surface area contributed by atoms with Crippen LogP contribution >= 0.6 is 0 Å². The topological polar surface area (TPSA) is 55.6 Å². The summed E-state index contributed by atoms with van der Waals surface area (Å²) in [7, 11) is 3.87. The first-order chi connectivity index (χ1) is 6.09. The van der Waals surface area contributed by atoms with Crippen molar-refractivity contribution >= 4 is 11.8 Å². The second kappa shape index (κ2) is 3.80. The van der Waals surface area contributed by atoms with Crippen LogP contribution in [-0.2, 0) is 0 Å². The minimum atomic E-state index is -0.794. The number of hydrogen-bond acceptors (Lipinski definition) is 3. The number of nitrogens with two attached hydrogens (primary N) is 1. The van der Waals surface area contributed by atoms with Gasteiger partial charge in [-0.05, 0) is 24.3 Å². The molecule has 0 fully saturated rings. The van der Waals surface area contributed by atoms with Crippen molar-refractivity contribution in [2.45, 2.75) is 0 Å². The van der Waals surface area contributed by atoms with Gasteiger partial charge in [-0.1, -0.05) is 0 Å². The van der Waals surface area contributed by atoms with Gasteiger partial charge in [0.15, 0.2) is 0 Å². The maximum absolute atomic E-state index is 10.4. The molecule has 4 nitrogen and oxygen atoms in total. The van der Waals surface area contributed by atoms with Gasteiger partial charge in [0.05, 0.1) is 0 Å². The van der Waals surface area contributed by atoms with Crippen molar-refractivity contribution in [3.8, 4) is 5.75 Å². The molecule has 0 atom stereocenters. The zero-order chi connectivity index (χ0) is 9.84. The first-order valence-corrected chi connectivity index (χ1v) is 3.84. The van der Waals surface area contributed by atoms with E-state index in [1.807, 2.05) is 31.1 Å². The molecule has 0 heterocycles. The molecule has 1 amide bonds. The average Bonchev–Trinajstić information content (AvgIpc) is 2.04. The fourth-order valence-electron chi connectivity index (χ4n) is 0.928. The van der Waals surface area contributed by atoms with Gasteiger partial charge < -0.3 is 15.4 Å². The van der Waals surface area contributed by atoms with Crippen LogP contribution in [-0.4, -0.2) is 20.2 Å². The van der Waals surface area contributed by atoms with Crippen LogP contribution < -0.4 is 15.4 Å². The first-order valence-electron chi connectivity index (χ1n) is 3.84. The van der Waals surface area contributed by atoms with Crippen LogP contribution in [0.3, 0.4) is 0 Å². The smallest absolute Gasteiger partial charge is 0.409 e. The Hall–Kier alpha value is -1.71. The number of carbonyl (C=O) groups is 1. The summed E-state index contributed by atoms with van der Waals surface area (Å²) in [4.78, 5) is 12.3. The highest BCUT2D eigenvalue weighted by Gasteiger charge is 1.99. The number of amides is 1. The number of nitrogens with zero attached hydrogens (tertiary/aromatic N) is 1. The molecular weight excluding hydrogens is 168 g/mol. The Morgan fingerprint density at radius 1 is 1.31 bits per heavy atom. The van der Waals surface area contributed by atoms with E-state index < -0.39 is 6.09 Å². The molecule has 0 saturated carbocycles. The van der Waals surface area contributed by atoms with E-state index >= 15 is 0 Å². The molecular formula is C9H12N2O2. The quantitative estimate of drug-likeness (QED) is 0.744. The summed E-state index contributed by atoms with van der Waals surface area (Å²) >= 11 is 0. The standard InChI is InChI=1S/C9H12N2O2/c1-11(2)7-3-5-8(6-4-7)13-9(10)12/h3-6H,1-2H3,(H2,10,12). The molecule has 70 valence electrons. The van der Waals surface area contributed by atoms with E-state index in [9.17, 15) is 4.79 Å². The fraction of sp³-hybridized carbons (Fsp3) is 0.222. The van der Waals surface area contributed by atoms with E-state index in [4.69, 9.17) is 5.73 Å². The minimum Gasteiger partial charge on any atom is -0.411 e. The van der Waals surface area contributed by atoms with Crippen molar-refractivity contribution in [1.82, 2.24) is 0 Å². The van der Waals surface area contributed by atoms with Crippen LogP contribution in [0.1, 0.15) is 0 Å². The molecule has 0 aliphatic rings. The van der Waals surface area contributed by atoms with Crippen molar-refractivity contribution in [2.75, 3.05) is 19.0 Å². The molecule has 1 rings (SSSR count). The molecule has 0 unspecified atom stereocenters. The fourth-order valence-corrected chi connectivity index (χ4v) is 0.928. The number of carbonyl (C=O) groups excluding carboxylic acids is 1. The third-order valence-electron chi connectivity index (χ3n) is 1.57. The first kappa shape index (κ1) is 9.38. The van der Waals surface area contributed by atoms with Crippen LogP contribution in [0.4, 0.5) is 10.5 Å². The third kappa shape index (κ3) is 2.66. The van der Waals surface area contributed by atoms with Gasteiger partial charge in [-0.15, -0.1) is 0 Å². The van der Waals surface area contributed by atoms with Crippen molar-refractivity contribution in [3.63, 3.8) is 0 Å². The van der Waals surface area contributed by atoms with E-state index in [1.165, 1.54) is 0 Å². The van der Waals surface area contributed by atoms with Gasteiger partial charge in [0.1, 0.15) is 5.75 Å². The average molecular weight is 180 g/mol. The van der Waals surface area contributed by atoms with Gasteiger partial charge in [0.2, 0.25) is 0 Å². The number of rotatable bonds is 2. The summed E-state index contributed by atoms with van der Waals surface area (Å²) in [5, 5.41) is 0. The molecule has 0 saturated heterocycles. The number of primary amides is 1.